The minimum atomic E-state index is -0.658. The summed E-state index contributed by atoms with van der Waals surface area (Å²) in [5.41, 5.74) is 2.57. The van der Waals surface area contributed by atoms with E-state index in [1.165, 1.54) is 7.11 Å². The van der Waals surface area contributed by atoms with Crippen LogP contribution in [0.5, 0.6) is 0 Å². The predicted octanol–water partition coefficient (Wildman–Crippen LogP) is -2.13. The number of hydrogen-bond acceptors (Lipinski definition) is 3. The Labute approximate surface area is 115 Å². The van der Waals surface area contributed by atoms with Gasteiger partial charge in [0.25, 0.3) is 0 Å². The zero-order valence-corrected chi connectivity index (χ0v) is 11.3. The topological polar surface area (TPSA) is 69.4 Å². The highest BCUT2D eigenvalue weighted by molar-refractivity contribution is 6.15. The van der Waals surface area contributed by atoms with E-state index in [1.807, 2.05) is 24.4 Å². The van der Waals surface area contributed by atoms with E-state index in [-0.39, 0.29) is 5.91 Å². The molecule has 0 radical (unpaired) electrons. The summed E-state index contributed by atoms with van der Waals surface area (Å²) in [7, 11) is 1.32. The number of esters is 1. The third-order valence-electron chi connectivity index (χ3n) is 3.75. The molecule has 0 saturated heterocycles. The van der Waals surface area contributed by atoms with Crippen LogP contribution in [0.15, 0.2) is 18.2 Å². The third-order valence-corrected chi connectivity index (χ3v) is 3.75. The SMILES string of the molecule is COC(=O)[C@@H]1CC2=c3c(ccc/c3=C(\C)C(=O)N1)[NH+]=C2. The van der Waals surface area contributed by atoms with E-state index < -0.39 is 12.0 Å². The molecule has 2 aliphatic rings. The Morgan fingerprint density at radius 2 is 2.25 bits per heavy atom. The molecule has 0 unspecified atom stereocenters. The molecule has 2 heterocycles. The number of nitrogens with one attached hydrogen (secondary N) is 2. The van der Waals surface area contributed by atoms with E-state index in [0.29, 0.717) is 12.0 Å². The molecule has 0 aromatic heterocycles. The van der Waals surface area contributed by atoms with Gasteiger partial charge in [-0.15, -0.1) is 0 Å². The Hall–Kier alpha value is -2.43. The first kappa shape index (κ1) is 12.6. The molecule has 0 aliphatic carbocycles. The molecule has 2 N–H and O–H groups in total. The fourth-order valence-electron chi connectivity index (χ4n) is 2.67. The van der Waals surface area contributed by atoms with Crippen molar-refractivity contribution >= 4 is 34.9 Å². The summed E-state index contributed by atoms with van der Waals surface area (Å²) in [6.45, 7) is 1.76. The number of benzene rings is 1. The highest BCUT2D eigenvalue weighted by atomic mass is 16.5. The number of carbonyl (C=O) groups excluding carboxylic acids is 2. The first-order valence-corrected chi connectivity index (χ1v) is 6.43. The van der Waals surface area contributed by atoms with Crippen LogP contribution in [-0.2, 0) is 14.3 Å². The van der Waals surface area contributed by atoms with Crippen molar-refractivity contribution < 1.29 is 19.3 Å². The Balaban J connectivity index is 2.27. The van der Waals surface area contributed by atoms with E-state index in [0.717, 1.165) is 21.7 Å². The van der Waals surface area contributed by atoms with Gasteiger partial charge >= 0.3 is 5.97 Å². The van der Waals surface area contributed by atoms with Crippen molar-refractivity contribution in [1.82, 2.24) is 5.32 Å². The highest BCUT2D eigenvalue weighted by Crippen LogP contribution is 2.10. The molecule has 0 bridgehead atoms. The quantitative estimate of drug-likeness (QED) is 0.573. The molecular formula is C15H15N2O3+. The van der Waals surface area contributed by atoms with E-state index in [1.54, 1.807) is 6.92 Å². The van der Waals surface area contributed by atoms with Crippen LogP contribution in [-0.4, -0.2) is 31.2 Å². The first-order chi connectivity index (χ1) is 9.61. The maximum atomic E-state index is 12.2. The van der Waals surface area contributed by atoms with Crippen molar-refractivity contribution in [3.05, 3.63) is 28.6 Å². The first-order valence-electron chi connectivity index (χ1n) is 6.43. The largest absolute Gasteiger partial charge is 0.467 e. The summed E-state index contributed by atoms with van der Waals surface area (Å²) in [6, 6.07) is 5.14. The van der Waals surface area contributed by atoms with Crippen molar-refractivity contribution in [1.29, 1.82) is 0 Å². The number of amides is 1. The average molecular weight is 271 g/mol. The summed E-state index contributed by atoms with van der Waals surface area (Å²) in [5, 5.41) is 4.64. The molecular weight excluding hydrogens is 256 g/mol. The summed E-state index contributed by atoms with van der Waals surface area (Å²) in [5.74, 6) is -0.667. The van der Waals surface area contributed by atoms with Crippen LogP contribution in [0.3, 0.4) is 0 Å². The molecule has 3 rings (SSSR count). The fraction of sp³-hybridized carbons (Fsp3) is 0.267. The number of rotatable bonds is 1. The molecule has 1 aromatic rings. The molecule has 5 heteroatoms. The molecule has 1 aromatic carbocycles. The molecule has 2 aliphatic heterocycles. The molecule has 1 atom stereocenters. The highest BCUT2D eigenvalue weighted by Gasteiger charge is 2.28. The van der Waals surface area contributed by atoms with Gasteiger partial charge in [-0.05, 0) is 12.1 Å². The van der Waals surface area contributed by atoms with Gasteiger partial charge in [-0.3, -0.25) is 4.79 Å². The summed E-state index contributed by atoms with van der Waals surface area (Å²) < 4.78 is 4.76. The van der Waals surface area contributed by atoms with Gasteiger partial charge in [0.05, 0.1) is 12.3 Å². The van der Waals surface area contributed by atoms with Crippen LogP contribution in [0.25, 0.3) is 11.1 Å². The number of ether oxygens (including phenoxy) is 1. The molecule has 5 nitrogen and oxygen atoms in total. The molecule has 0 fully saturated rings. The minimum Gasteiger partial charge on any atom is -0.467 e. The van der Waals surface area contributed by atoms with E-state index >= 15 is 0 Å². The Morgan fingerprint density at radius 1 is 1.45 bits per heavy atom. The Bertz CT molecular complexity index is 762. The van der Waals surface area contributed by atoms with Crippen molar-refractivity contribution in [2.45, 2.75) is 19.4 Å². The van der Waals surface area contributed by atoms with Crippen LogP contribution in [0.2, 0.25) is 0 Å². The minimum absolute atomic E-state index is 0.236. The molecule has 0 spiro atoms. The number of carbonyl (C=O) groups is 2. The second-order valence-corrected chi connectivity index (χ2v) is 4.92. The van der Waals surface area contributed by atoms with Crippen molar-refractivity contribution in [3.8, 4) is 0 Å². The summed E-state index contributed by atoms with van der Waals surface area (Å²) >= 11 is 0. The maximum absolute atomic E-state index is 12.2. The van der Waals surface area contributed by atoms with E-state index in [9.17, 15) is 9.59 Å². The van der Waals surface area contributed by atoms with Crippen LogP contribution in [0, 0.1) is 0 Å². The normalized spacial score (nSPS) is 22.8. The predicted molar refractivity (Wildman–Crippen MR) is 73.4 cm³/mol. The third kappa shape index (κ3) is 1.82. The van der Waals surface area contributed by atoms with Gasteiger partial charge in [0.15, 0.2) is 6.21 Å². The number of hydrogen-bond donors (Lipinski definition) is 2. The Morgan fingerprint density at radius 3 is 3.00 bits per heavy atom. The summed E-state index contributed by atoms with van der Waals surface area (Å²) in [4.78, 5) is 27.2. The van der Waals surface area contributed by atoms with Gasteiger partial charge in [-0.2, -0.15) is 0 Å². The van der Waals surface area contributed by atoms with E-state index in [2.05, 4.69) is 10.3 Å². The fourth-order valence-corrected chi connectivity index (χ4v) is 2.67. The zero-order chi connectivity index (χ0) is 14.3. The molecule has 102 valence electrons. The second kappa shape index (κ2) is 4.59. The lowest BCUT2D eigenvalue weighted by Crippen LogP contribution is -2.61. The molecule has 0 saturated carbocycles. The number of methoxy groups -OCH3 is 1. The van der Waals surface area contributed by atoms with Crippen molar-refractivity contribution in [2.24, 2.45) is 0 Å². The van der Waals surface area contributed by atoms with Gasteiger partial charge in [-0.25, -0.2) is 9.79 Å². The zero-order valence-electron chi connectivity index (χ0n) is 11.3. The van der Waals surface area contributed by atoms with Crippen LogP contribution >= 0.6 is 0 Å². The lowest BCUT2D eigenvalue weighted by atomic mass is 9.99. The smallest absolute Gasteiger partial charge is 0.328 e. The van der Waals surface area contributed by atoms with Gasteiger partial charge in [0, 0.05) is 23.6 Å². The van der Waals surface area contributed by atoms with Crippen molar-refractivity contribution in [3.63, 3.8) is 0 Å². The van der Waals surface area contributed by atoms with Crippen LogP contribution in [0.1, 0.15) is 13.3 Å². The monoisotopic (exact) mass is 271 g/mol. The second-order valence-electron chi connectivity index (χ2n) is 4.92. The van der Waals surface area contributed by atoms with Crippen molar-refractivity contribution in [2.75, 3.05) is 7.11 Å². The maximum Gasteiger partial charge on any atom is 0.328 e. The average Bonchev–Trinajstić information content (AvgIpc) is 2.86. The molecule has 20 heavy (non-hydrogen) atoms. The molecule has 1 amide bonds. The van der Waals surface area contributed by atoms with Crippen LogP contribution < -0.4 is 20.7 Å². The van der Waals surface area contributed by atoms with E-state index in [4.69, 9.17) is 4.74 Å². The standard InChI is InChI=1S/C15H14N2O3/c1-8-10-4-3-5-11-13(10)9(7-16-11)6-12(15(19)20-2)17-14(8)18/h3-5,7,12H,6H2,1-2H3,(H,17,18)/p+1/b10-8-/t12-/m0/s1. The van der Waals surface area contributed by atoms with Gasteiger partial charge in [0.1, 0.15) is 6.04 Å². The van der Waals surface area contributed by atoms with Gasteiger partial charge in [-0.1, -0.05) is 12.1 Å². The summed E-state index contributed by atoms with van der Waals surface area (Å²) in [6.07, 6.45) is 2.30. The lowest BCUT2D eigenvalue weighted by molar-refractivity contribution is -0.344. The van der Waals surface area contributed by atoms with Crippen LogP contribution in [0.4, 0.5) is 5.69 Å². The van der Waals surface area contributed by atoms with Gasteiger partial charge in [0.2, 0.25) is 11.6 Å². The van der Waals surface area contributed by atoms with Gasteiger partial charge < -0.3 is 10.1 Å². The lowest BCUT2D eigenvalue weighted by Gasteiger charge is -2.17. The Kier molecular flexibility index (Phi) is 2.89.